The van der Waals surface area contributed by atoms with Gasteiger partial charge in [-0.25, -0.2) is 0 Å². The summed E-state index contributed by atoms with van der Waals surface area (Å²) in [5.74, 6) is -0.484. The van der Waals surface area contributed by atoms with Crippen molar-refractivity contribution >= 4 is 11.8 Å². The van der Waals surface area contributed by atoms with Crippen molar-refractivity contribution in [3.63, 3.8) is 0 Å². The van der Waals surface area contributed by atoms with Crippen molar-refractivity contribution in [1.29, 1.82) is 0 Å². The lowest BCUT2D eigenvalue weighted by molar-refractivity contribution is -0.226. The van der Waals surface area contributed by atoms with Gasteiger partial charge >= 0.3 is 5.97 Å². The zero-order valence-corrected chi connectivity index (χ0v) is 13.7. The molecule has 2 aliphatic heterocycles. The molecule has 4 fully saturated rings. The number of hydrogen-bond acceptors (Lipinski definition) is 5. The Balaban J connectivity index is 1.89. The van der Waals surface area contributed by atoms with E-state index >= 15 is 0 Å². The molecule has 0 amide bonds. The van der Waals surface area contributed by atoms with Crippen molar-refractivity contribution < 1.29 is 24.2 Å². The van der Waals surface area contributed by atoms with Crippen LogP contribution in [0, 0.1) is 11.3 Å². The van der Waals surface area contributed by atoms with E-state index in [1.54, 1.807) is 0 Å². The Hall–Kier alpha value is -0.940. The number of carbonyl (C=O) groups is 2. The number of esters is 1. The van der Waals surface area contributed by atoms with E-state index in [0.29, 0.717) is 38.5 Å². The Morgan fingerprint density at radius 2 is 2.09 bits per heavy atom. The average Bonchev–Trinajstić information content (AvgIpc) is 2.41. The number of hydrogen-bond donors (Lipinski definition) is 1. The molecule has 4 atom stereocenters. The zero-order valence-electron chi connectivity index (χ0n) is 13.7. The van der Waals surface area contributed by atoms with Gasteiger partial charge in [-0.3, -0.25) is 9.59 Å². The van der Waals surface area contributed by atoms with Crippen molar-refractivity contribution in [2.45, 2.75) is 76.6 Å². The lowest BCUT2D eigenvalue weighted by Crippen LogP contribution is -2.61. The summed E-state index contributed by atoms with van der Waals surface area (Å²) in [6, 6.07) is 0. The van der Waals surface area contributed by atoms with Crippen molar-refractivity contribution in [1.82, 2.24) is 0 Å². The smallest absolute Gasteiger partial charge is 0.312 e. The van der Waals surface area contributed by atoms with Gasteiger partial charge in [-0.1, -0.05) is 6.92 Å². The zero-order chi connectivity index (χ0) is 16.2. The molecule has 4 aliphatic rings. The molecule has 5 heteroatoms. The Morgan fingerprint density at radius 1 is 1.36 bits per heavy atom. The van der Waals surface area contributed by atoms with Gasteiger partial charge in [-0.2, -0.15) is 0 Å². The quantitative estimate of drug-likeness (QED) is 0.807. The number of Topliss-reactive ketones (excluding diaryl/α,β-unsaturated/α-hetero) is 1. The maximum atomic E-state index is 12.5. The highest BCUT2D eigenvalue weighted by atomic mass is 16.6. The van der Waals surface area contributed by atoms with E-state index in [4.69, 9.17) is 9.47 Å². The molecule has 5 nitrogen and oxygen atoms in total. The molecule has 4 unspecified atom stereocenters. The molecule has 4 rings (SSSR count). The number of ether oxygens (including phenoxy) is 2. The molecule has 0 radical (unpaired) electrons. The first-order valence-corrected chi connectivity index (χ1v) is 8.27. The van der Waals surface area contributed by atoms with Crippen LogP contribution in [0.15, 0.2) is 0 Å². The fraction of sp³-hybridized carbons (Fsp3) is 0.882. The van der Waals surface area contributed by atoms with Crippen molar-refractivity contribution in [3.8, 4) is 0 Å². The maximum Gasteiger partial charge on any atom is 0.312 e. The van der Waals surface area contributed by atoms with Gasteiger partial charge < -0.3 is 14.6 Å². The molecule has 2 aliphatic carbocycles. The van der Waals surface area contributed by atoms with E-state index in [-0.39, 0.29) is 30.4 Å². The van der Waals surface area contributed by atoms with Crippen LogP contribution in [0.3, 0.4) is 0 Å². The van der Waals surface area contributed by atoms with Gasteiger partial charge in [0, 0.05) is 25.2 Å². The molecular weight excluding hydrogens is 284 g/mol. The van der Waals surface area contributed by atoms with E-state index in [1.165, 1.54) is 0 Å². The van der Waals surface area contributed by atoms with E-state index in [9.17, 15) is 14.7 Å². The highest BCUT2D eigenvalue weighted by molar-refractivity contribution is 5.83. The minimum Gasteiger partial charge on any atom is -0.458 e. The summed E-state index contributed by atoms with van der Waals surface area (Å²) in [6.45, 7) is 5.81. The van der Waals surface area contributed by atoms with Gasteiger partial charge in [0.1, 0.15) is 12.2 Å². The molecule has 2 heterocycles. The number of carbonyl (C=O) groups excluding carboxylic acids is 2. The first kappa shape index (κ1) is 15.9. The van der Waals surface area contributed by atoms with Crippen LogP contribution in [0.25, 0.3) is 0 Å². The van der Waals surface area contributed by atoms with Gasteiger partial charge in [0.05, 0.1) is 17.1 Å². The van der Waals surface area contributed by atoms with Crippen LogP contribution in [0.5, 0.6) is 0 Å². The summed E-state index contributed by atoms with van der Waals surface area (Å²) in [4.78, 5) is 24.7. The van der Waals surface area contributed by atoms with E-state index in [0.717, 1.165) is 0 Å². The number of ketones is 1. The summed E-state index contributed by atoms with van der Waals surface area (Å²) in [5.41, 5.74) is -2.25. The minimum atomic E-state index is -0.946. The summed E-state index contributed by atoms with van der Waals surface area (Å²) < 4.78 is 11.6. The fourth-order valence-corrected chi connectivity index (χ4v) is 4.21. The van der Waals surface area contributed by atoms with Crippen LogP contribution in [-0.2, 0) is 19.1 Å². The average molecular weight is 310 g/mol. The lowest BCUT2D eigenvalue weighted by Gasteiger charge is -2.55. The molecule has 1 N–H and O–H groups in total. The molecule has 4 bridgehead atoms. The molecule has 0 aromatic rings. The normalized spacial score (nSPS) is 41.2. The molecule has 0 aromatic carbocycles. The third kappa shape index (κ3) is 2.69. The predicted molar refractivity (Wildman–Crippen MR) is 79.2 cm³/mol. The number of rotatable bonds is 3. The molecule has 2 saturated carbocycles. The topological polar surface area (TPSA) is 72.8 Å². The Bertz CT molecular complexity index is 499. The molecule has 0 spiro atoms. The third-order valence-corrected chi connectivity index (χ3v) is 5.77. The summed E-state index contributed by atoms with van der Waals surface area (Å²) in [6.07, 6.45) is 3.03. The highest BCUT2D eigenvalue weighted by Gasteiger charge is 2.58. The highest BCUT2D eigenvalue weighted by Crippen LogP contribution is 2.52. The van der Waals surface area contributed by atoms with Gasteiger partial charge in [0.2, 0.25) is 0 Å². The molecule has 0 aromatic heterocycles. The Morgan fingerprint density at radius 3 is 2.77 bits per heavy atom. The lowest BCUT2D eigenvalue weighted by atomic mass is 9.60. The van der Waals surface area contributed by atoms with E-state index < -0.39 is 16.6 Å². The van der Waals surface area contributed by atoms with Crippen LogP contribution in [-0.4, -0.2) is 40.8 Å². The van der Waals surface area contributed by atoms with Crippen LogP contribution in [0.2, 0.25) is 0 Å². The predicted octanol–water partition coefficient (Wildman–Crippen LogP) is 2.00. The van der Waals surface area contributed by atoms with Gasteiger partial charge in [0.25, 0.3) is 0 Å². The monoisotopic (exact) mass is 310 g/mol. The maximum absolute atomic E-state index is 12.5. The first-order chi connectivity index (χ1) is 10.2. The molecule has 2 saturated heterocycles. The standard InChI is InChI=1S/C17H26O5/c1-4-15(2,3)14(19)22-17-6-11-5-16(20,10-17)7-12(8-17)21-9-13(11)18/h11-12,20H,4-10H2,1-3H3. The molecule has 124 valence electrons. The van der Waals surface area contributed by atoms with Crippen molar-refractivity contribution in [3.05, 3.63) is 0 Å². The van der Waals surface area contributed by atoms with Gasteiger partial charge in [-0.05, 0) is 33.1 Å². The second-order valence-corrected chi connectivity index (χ2v) is 8.12. The number of fused-ring (bicyclic) bond motifs is 2. The summed E-state index contributed by atoms with van der Waals surface area (Å²) in [7, 11) is 0. The van der Waals surface area contributed by atoms with Gasteiger partial charge in [0.15, 0.2) is 5.78 Å². The van der Waals surface area contributed by atoms with Crippen molar-refractivity contribution in [2.75, 3.05) is 6.61 Å². The van der Waals surface area contributed by atoms with Crippen LogP contribution < -0.4 is 0 Å². The Kier molecular flexibility index (Phi) is 3.64. The summed E-state index contributed by atoms with van der Waals surface area (Å²) in [5, 5.41) is 10.8. The van der Waals surface area contributed by atoms with Crippen LogP contribution >= 0.6 is 0 Å². The minimum absolute atomic E-state index is 0.0256. The fourth-order valence-electron chi connectivity index (χ4n) is 4.21. The molecule has 22 heavy (non-hydrogen) atoms. The first-order valence-electron chi connectivity index (χ1n) is 8.27. The van der Waals surface area contributed by atoms with E-state index in [1.807, 2.05) is 20.8 Å². The SMILES string of the molecule is CCC(C)(C)C(=O)OC12CC3CC(O)(CC(C1)C(=O)CO3)C2. The summed E-state index contributed by atoms with van der Waals surface area (Å²) >= 11 is 0. The van der Waals surface area contributed by atoms with Crippen molar-refractivity contribution in [2.24, 2.45) is 11.3 Å². The molecular formula is C17H26O5. The number of aliphatic hydroxyl groups is 1. The largest absolute Gasteiger partial charge is 0.458 e. The van der Waals surface area contributed by atoms with E-state index in [2.05, 4.69) is 0 Å². The van der Waals surface area contributed by atoms with Gasteiger partial charge in [-0.15, -0.1) is 0 Å². The van der Waals surface area contributed by atoms with Crippen LogP contribution in [0.1, 0.15) is 59.3 Å². The van der Waals surface area contributed by atoms with Crippen LogP contribution in [0.4, 0.5) is 0 Å². The Labute approximate surface area is 131 Å². The third-order valence-electron chi connectivity index (χ3n) is 5.77. The second-order valence-electron chi connectivity index (χ2n) is 8.12. The second kappa shape index (κ2) is 5.03.